The van der Waals surface area contributed by atoms with Crippen LogP contribution in [0.3, 0.4) is 0 Å². The molecule has 0 bridgehead atoms. The van der Waals surface area contributed by atoms with Crippen LogP contribution >= 0.6 is 23.4 Å². The molecule has 5 nitrogen and oxygen atoms in total. The van der Waals surface area contributed by atoms with Crippen LogP contribution in [0.5, 0.6) is 0 Å². The van der Waals surface area contributed by atoms with Gasteiger partial charge < -0.3 is 5.32 Å². The third kappa shape index (κ3) is 2.54. The molecule has 2 atom stereocenters. The lowest BCUT2D eigenvalue weighted by Gasteiger charge is -2.34. The van der Waals surface area contributed by atoms with Crippen LogP contribution in [0.2, 0.25) is 5.02 Å². The highest BCUT2D eigenvalue weighted by atomic mass is 35.5. The van der Waals surface area contributed by atoms with Crippen molar-refractivity contribution in [3.63, 3.8) is 0 Å². The summed E-state index contributed by atoms with van der Waals surface area (Å²) in [5.41, 5.74) is 2.72. The summed E-state index contributed by atoms with van der Waals surface area (Å²) in [7, 11) is 0. The molecule has 2 heterocycles. The van der Waals surface area contributed by atoms with Crippen molar-refractivity contribution in [3.05, 3.63) is 46.1 Å². The summed E-state index contributed by atoms with van der Waals surface area (Å²) in [5, 5.41) is 9.24. The van der Waals surface area contributed by atoms with E-state index in [1.54, 1.807) is 0 Å². The number of anilines is 1. The molecule has 1 aromatic carbocycles. The third-order valence-electron chi connectivity index (χ3n) is 4.45. The summed E-state index contributed by atoms with van der Waals surface area (Å²) >= 11 is 7.68. The molecule has 124 valence electrons. The Kier molecular flexibility index (Phi) is 3.89. The number of nitrogens with one attached hydrogen (secondary N) is 1. The van der Waals surface area contributed by atoms with Crippen molar-refractivity contribution in [2.45, 2.75) is 31.0 Å². The quantitative estimate of drug-likeness (QED) is 0.822. The fourth-order valence-electron chi connectivity index (χ4n) is 3.46. The van der Waals surface area contributed by atoms with Crippen LogP contribution in [-0.4, -0.2) is 26.8 Å². The number of rotatable bonds is 2. The number of benzene rings is 1. The molecule has 0 spiro atoms. The van der Waals surface area contributed by atoms with E-state index in [4.69, 9.17) is 11.6 Å². The van der Waals surface area contributed by atoms with Crippen molar-refractivity contribution in [2.24, 2.45) is 5.92 Å². The van der Waals surface area contributed by atoms with Crippen LogP contribution in [0.1, 0.15) is 31.4 Å². The molecule has 1 aliphatic carbocycles. The SMILES string of the molecule is CSc1nc2n(n1)[C@H](c1cccc(Cl)c1)C1=C(C[C@@H](C)CC1=O)N2. The fourth-order valence-corrected chi connectivity index (χ4v) is 4.00. The Balaban J connectivity index is 1.92. The smallest absolute Gasteiger partial charge is 0.227 e. The number of ketones is 1. The monoisotopic (exact) mass is 360 g/mol. The average molecular weight is 361 g/mol. The van der Waals surface area contributed by atoms with Crippen LogP contribution in [0.25, 0.3) is 0 Å². The summed E-state index contributed by atoms with van der Waals surface area (Å²) in [6.45, 7) is 2.10. The second-order valence-corrected chi connectivity index (χ2v) is 7.49. The van der Waals surface area contributed by atoms with Gasteiger partial charge in [-0.25, -0.2) is 4.68 Å². The van der Waals surface area contributed by atoms with E-state index in [1.807, 2.05) is 35.2 Å². The van der Waals surface area contributed by atoms with Crippen molar-refractivity contribution >= 4 is 35.1 Å². The second kappa shape index (κ2) is 5.93. The Hall–Kier alpha value is -1.79. The number of Topliss-reactive ketones (excluding diaryl/α,β-unsaturated/α-hetero) is 1. The van der Waals surface area contributed by atoms with Crippen molar-refractivity contribution in [1.82, 2.24) is 14.8 Å². The number of hydrogen-bond acceptors (Lipinski definition) is 5. The highest BCUT2D eigenvalue weighted by molar-refractivity contribution is 7.98. The first-order valence-electron chi connectivity index (χ1n) is 7.86. The molecule has 4 rings (SSSR count). The Morgan fingerprint density at radius 3 is 2.96 bits per heavy atom. The molecular weight excluding hydrogens is 344 g/mol. The van der Waals surface area contributed by atoms with Gasteiger partial charge in [0, 0.05) is 22.7 Å². The van der Waals surface area contributed by atoms with E-state index in [2.05, 4.69) is 22.3 Å². The van der Waals surface area contributed by atoms with Crippen LogP contribution in [0.15, 0.2) is 40.7 Å². The summed E-state index contributed by atoms with van der Waals surface area (Å²) in [5.74, 6) is 1.19. The van der Waals surface area contributed by atoms with Gasteiger partial charge in [-0.05, 0) is 36.3 Å². The molecule has 0 unspecified atom stereocenters. The van der Waals surface area contributed by atoms with Crippen molar-refractivity contribution in [3.8, 4) is 0 Å². The van der Waals surface area contributed by atoms with E-state index >= 15 is 0 Å². The van der Waals surface area contributed by atoms with E-state index in [1.165, 1.54) is 11.8 Å². The lowest BCUT2D eigenvalue weighted by Crippen LogP contribution is -2.33. The first-order chi connectivity index (χ1) is 11.6. The fraction of sp³-hybridized carbons (Fsp3) is 0.353. The Morgan fingerprint density at radius 1 is 1.38 bits per heavy atom. The molecule has 0 radical (unpaired) electrons. The van der Waals surface area contributed by atoms with Crippen molar-refractivity contribution in [2.75, 3.05) is 11.6 Å². The highest BCUT2D eigenvalue weighted by Crippen LogP contribution is 2.42. The molecule has 2 aromatic rings. The Labute approximate surface area is 149 Å². The van der Waals surface area contributed by atoms with Gasteiger partial charge in [0.05, 0.1) is 0 Å². The number of allylic oxidation sites excluding steroid dienone is 2. The van der Waals surface area contributed by atoms with Crippen molar-refractivity contribution < 1.29 is 4.79 Å². The molecule has 0 saturated carbocycles. The zero-order valence-corrected chi connectivity index (χ0v) is 15.0. The number of hydrogen-bond donors (Lipinski definition) is 1. The lowest BCUT2D eigenvalue weighted by atomic mass is 9.81. The standard InChI is InChI=1S/C17H17ClN4OS/c1-9-6-12-14(13(23)7-9)15(10-4-3-5-11(18)8-10)22-16(19-12)20-17(21-22)24-2/h3-5,8-9,15H,6-7H2,1-2H3,(H,19,20,21)/t9-,15-/m1/s1. The van der Waals surface area contributed by atoms with Gasteiger partial charge in [0.15, 0.2) is 5.78 Å². The minimum absolute atomic E-state index is 0.174. The van der Waals surface area contributed by atoms with E-state index < -0.39 is 0 Å². The maximum atomic E-state index is 12.8. The van der Waals surface area contributed by atoms with Crippen LogP contribution < -0.4 is 5.32 Å². The molecule has 0 amide bonds. The van der Waals surface area contributed by atoms with Gasteiger partial charge >= 0.3 is 0 Å². The highest BCUT2D eigenvalue weighted by Gasteiger charge is 2.38. The minimum atomic E-state index is -0.275. The third-order valence-corrected chi connectivity index (χ3v) is 5.22. The number of nitrogens with zero attached hydrogens (tertiary/aromatic N) is 3. The number of halogens is 1. The molecule has 1 aliphatic heterocycles. The first-order valence-corrected chi connectivity index (χ1v) is 9.46. The molecule has 2 aliphatic rings. The topological polar surface area (TPSA) is 59.8 Å². The largest absolute Gasteiger partial charge is 0.328 e. The predicted molar refractivity (Wildman–Crippen MR) is 95.4 cm³/mol. The molecule has 0 saturated heterocycles. The Morgan fingerprint density at radius 2 is 2.21 bits per heavy atom. The van der Waals surface area contributed by atoms with Crippen LogP contribution in [0.4, 0.5) is 5.95 Å². The van der Waals surface area contributed by atoms with Crippen LogP contribution in [-0.2, 0) is 4.79 Å². The summed E-state index contributed by atoms with van der Waals surface area (Å²) in [6, 6.07) is 7.35. The minimum Gasteiger partial charge on any atom is -0.328 e. The summed E-state index contributed by atoms with van der Waals surface area (Å²) in [6.07, 6.45) is 3.35. The number of thioether (sulfide) groups is 1. The number of carbonyl (C=O) groups is 1. The van der Waals surface area contributed by atoms with E-state index in [0.29, 0.717) is 28.5 Å². The molecule has 1 aromatic heterocycles. The summed E-state index contributed by atoms with van der Waals surface area (Å²) < 4.78 is 1.81. The normalized spacial score (nSPS) is 22.9. The van der Waals surface area contributed by atoms with Gasteiger partial charge in [0.2, 0.25) is 11.1 Å². The van der Waals surface area contributed by atoms with Gasteiger partial charge in [0.25, 0.3) is 0 Å². The molecule has 7 heteroatoms. The first kappa shape index (κ1) is 15.7. The maximum Gasteiger partial charge on any atom is 0.227 e. The molecule has 24 heavy (non-hydrogen) atoms. The summed E-state index contributed by atoms with van der Waals surface area (Å²) in [4.78, 5) is 17.3. The maximum absolute atomic E-state index is 12.8. The predicted octanol–water partition coefficient (Wildman–Crippen LogP) is 3.92. The van der Waals surface area contributed by atoms with Gasteiger partial charge in [-0.3, -0.25) is 4.79 Å². The van der Waals surface area contributed by atoms with E-state index in [0.717, 1.165) is 23.3 Å². The van der Waals surface area contributed by atoms with E-state index in [9.17, 15) is 4.79 Å². The number of carbonyl (C=O) groups excluding carboxylic acids is 1. The van der Waals surface area contributed by atoms with Crippen LogP contribution in [0, 0.1) is 5.92 Å². The number of aromatic nitrogens is 3. The molecule has 1 N–H and O–H groups in total. The number of fused-ring (bicyclic) bond motifs is 1. The van der Waals surface area contributed by atoms with Gasteiger partial charge in [-0.1, -0.05) is 42.4 Å². The van der Waals surface area contributed by atoms with E-state index in [-0.39, 0.29) is 11.8 Å². The molecular formula is C17H17ClN4OS. The van der Waals surface area contributed by atoms with Crippen molar-refractivity contribution in [1.29, 1.82) is 0 Å². The van der Waals surface area contributed by atoms with Gasteiger partial charge in [0.1, 0.15) is 6.04 Å². The second-order valence-electron chi connectivity index (χ2n) is 6.28. The van der Waals surface area contributed by atoms with Gasteiger partial charge in [-0.15, -0.1) is 5.10 Å². The van der Waals surface area contributed by atoms with Gasteiger partial charge in [-0.2, -0.15) is 4.98 Å². The Bertz CT molecular complexity index is 860. The zero-order valence-electron chi connectivity index (χ0n) is 13.4. The lowest BCUT2D eigenvalue weighted by molar-refractivity contribution is -0.117. The molecule has 0 fully saturated rings. The average Bonchev–Trinajstić information content (AvgIpc) is 2.95. The zero-order chi connectivity index (χ0) is 16.8.